The highest BCUT2D eigenvalue weighted by Gasteiger charge is 2.40. The SMILES string of the molecule is CCc1ccsc1CN1C2CCC1CC(=O)C2. The molecule has 2 bridgehead atoms. The highest BCUT2D eigenvalue weighted by Crippen LogP contribution is 2.36. The molecule has 0 amide bonds. The Kier molecular flexibility index (Phi) is 3.05. The van der Waals surface area contributed by atoms with Crippen LogP contribution in [0.3, 0.4) is 0 Å². The second kappa shape index (κ2) is 4.54. The average Bonchev–Trinajstić information content (AvgIpc) is 2.84. The smallest absolute Gasteiger partial charge is 0.136 e. The van der Waals surface area contributed by atoms with Crippen LogP contribution in [0.25, 0.3) is 0 Å². The fraction of sp³-hybridized carbons (Fsp3) is 0.643. The van der Waals surface area contributed by atoms with Crippen LogP contribution in [-0.4, -0.2) is 22.8 Å². The van der Waals surface area contributed by atoms with Gasteiger partial charge in [-0.25, -0.2) is 0 Å². The summed E-state index contributed by atoms with van der Waals surface area (Å²) in [5.41, 5.74) is 1.49. The van der Waals surface area contributed by atoms with Crippen LogP contribution in [-0.2, 0) is 17.8 Å². The number of thiophene rings is 1. The van der Waals surface area contributed by atoms with Crippen LogP contribution < -0.4 is 0 Å². The molecule has 2 atom stereocenters. The van der Waals surface area contributed by atoms with E-state index in [4.69, 9.17) is 0 Å². The first kappa shape index (κ1) is 11.4. The second-order valence-electron chi connectivity index (χ2n) is 5.23. The number of Topliss-reactive ketones (excluding diaryl/α,β-unsaturated/α-hetero) is 1. The third-order valence-electron chi connectivity index (χ3n) is 4.24. The molecule has 3 rings (SSSR count). The zero-order valence-electron chi connectivity index (χ0n) is 10.3. The summed E-state index contributed by atoms with van der Waals surface area (Å²) in [4.78, 5) is 15.7. The maximum Gasteiger partial charge on any atom is 0.136 e. The monoisotopic (exact) mass is 249 g/mol. The zero-order chi connectivity index (χ0) is 11.8. The van der Waals surface area contributed by atoms with E-state index in [9.17, 15) is 4.79 Å². The summed E-state index contributed by atoms with van der Waals surface area (Å²) in [5.74, 6) is 0.482. The molecule has 0 spiro atoms. The lowest BCUT2D eigenvalue weighted by Crippen LogP contribution is -2.42. The first-order chi connectivity index (χ1) is 8.28. The van der Waals surface area contributed by atoms with Gasteiger partial charge in [-0.3, -0.25) is 9.69 Å². The lowest BCUT2D eigenvalue weighted by atomic mass is 10.0. The number of piperidine rings is 1. The highest BCUT2D eigenvalue weighted by atomic mass is 32.1. The van der Waals surface area contributed by atoms with Gasteiger partial charge in [-0.1, -0.05) is 6.92 Å². The van der Waals surface area contributed by atoms with Crippen LogP contribution in [0.2, 0.25) is 0 Å². The van der Waals surface area contributed by atoms with Crippen molar-refractivity contribution in [2.45, 2.75) is 57.7 Å². The maximum atomic E-state index is 11.6. The van der Waals surface area contributed by atoms with Gasteiger partial charge < -0.3 is 0 Å². The number of aryl methyl sites for hydroxylation is 1. The third-order valence-corrected chi connectivity index (χ3v) is 5.19. The van der Waals surface area contributed by atoms with Crippen molar-refractivity contribution >= 4 is 17.1 Å². The second-order valence-corrected chi connectivity index (χ2v) is 6.23. The molecule has 2 fully saturated rings. The molecule has 2 aliphatic heterocycles. The van der Waals surface area contributed by atoms with E-state index >= 15 is 0 Å². The van der Waals surface area contributed by atoms with Crippen molar-refractivity contribution in [2.75, 3.05) is 0 Å². The highest BCUT2D eigenvalue weighted by molar-refractivity contribution is 7.10. The van der Waals surface area contributed by atoms with Gasteiger partial charge >= 0.3 is 0 Å². The van der Waals surface area contributed by atoms with Crippen molar-refractivity contribution in [2.24, 2.45) is 0 Å². The molecule has 2 unspecified atom stereocenters. The Balaban J connectivity index is 1.76. The topological polar surface area (TPSA) is 20.3 Å². The molecule has 2 saturated heterocycles. The summed E-state index contributed by atoms with van der Waals surface area (Å²) in [5, 5.41) is 2.20. The largest absolute Gasteiger partial charge is 0.300 e. The van der Waals surface area contributed by atoms with Gasteiger partial charge in [0.05, 0.1) is 0 Å². The molecule has 2 nitrogen and oxygen atoms in total. The van der Waals surface area contributed by atoms with Crippen LogP contribution in [0.15, 0.2) is 11.4 Å². The quantitative estimate of drug-likeness (QED) is 0.820. The zero-order valence-corrected chi connectivity index (χ0v) is 11.1. The van der Waals surface area contributed by atoms with E-state index in [0.29, 0.717) is 17.9 Å². The summed E-state index contributed by atoms with van der Waals surface area (Å²) in [6.07, 6.45) is 5.17. The molecular weight excluding hydrogens is 230 g/mol. The molecule has 1 aromatic rings. The molecular formula is C14H19NOS. The lowest BCUT2D eigenvalue weighted by molar-refractivity contribution is -0.123. The van der Waals surface area contributed by atoms with E-state index in [0.717, 1.165) is 25.8 Å². The number of nitrogens with zero attached hydrogens (tertiary/aromatic N) is 1. The molecule has 0 radical (unpaired) electrons. The normalized spacial score (nSPS) is 28.9. The Bertz CT molecular complexity index is 410. The Morgan fingerprint density at radius 3 is 2.71 bits per heavy atom. The minimum Gasteiger partial charge on any atom is -0.300 e. The van der Waals surface area contributed by atoms with Gasteiger partial charge in [0.1, 0.15) is 5.78 Å². The predicted molar refractivity (Wildman–Crippen MR) is 70.3 cm³/mol. The van der Waals surface area contributed by atoms with Gasteiger partial charge in [0.15, 0.2) is 0 Å². The predicted octanol–water partition coefficient (Wildman–Crippen LogP) is 3.01. The molecule has 0 aliphatic carbocycles. The summed E-state index contributed by atoms with van der Waals surface area (Å²) in [6, 6.07) is 3.32. The Hall–Kier alpha value is -0.670. The van der Waals surface area contributed by atoms with Crippen LogP contribution in [0, 0.1) is 0 Å². The van der Waals surface area contributed by atoms with Crippen molar-refractivity contribution in [3.63, 3.8) is 0 Å². The molecule has 1 aromatic heterocycles. The fourth-order valence-corrected chi connectivity index (χ4v) is 4.29. The van der Waals surface area contributed by atoms with Crippen LogP contribution >= 0.6 is 11.3 Å². The van der Waals surface area contributed by atoms with Crippen molar-refractivity contribution < 1.29 is 4.79 Å². The Morgan fingerprint density at radius 2 is 2.06 bits per heavy atom. The molecule has 3 heteroatoms. The van der Waals surface area contributed by atoms with Crippen LogP contribution in [0.4, 0.5) is 0 Å². The number of hydrogen-bond acceptors (Lipinski definition) is 3. The lowest BCUT2D eigenvalue weighted by Gasteiger charge is -2.33. The average molecular weight is 249 g/mol. The van der Waals surface area contributed by atoms with E-state index in [1.165, 1.54) is 23.3 Å². The van der Waals surface area contributed by atoms with Gasteiger partial charge in [0.2, 0.25) is 0 Å². The van der Waals surface area contributed by atoms with E-state index in [1.807, 2.05) is 11.3 Å². The molecule has 3 heterocycles. The van der Waals surface area contributed by atoms with Crippen molar-refractivity contribution in [3.8, 4) is 0 Å². The summed E-state index contributed by atoms with van der Waals surface area (Å²) in [6.45, 7) is 3.29. The van der Waals surface area contributed by atoms with Crippen molar-refractivity contribution in [1.29, 1.82) is 0 Å². The van der Waals surface area contributed by atoms with Gasteiger partial charge in [-0.05, 0) is 36.3 Å². The standard InChI is InChI=1S/C14H19NOS/c1-2-10-5-6-17-14(10)9-15-11-3-4-12(15)8-13(16)7-11/h5-6,11-12H,2-4,7-9H2,1H3. The molecule has 17 heavy (non-hydrogen) atoms. The fourth-order valence-electron chi connectivity index (χ4n) is 3.31. The van der Waals surface area contributed by atoms with Crippen molar-refractivity contribution in [3.05, 3.63) is 21.9 Å². The van der Waals surface area contributed by atoms with Crippen molar-refractivity contribution in [1.82, 2.24) is 4.90 Å². The molecule has 0 aromatic carbocycles. The molecule has 0 saturated carbocycles. The van der Waals surface area contributed by atoms with E-state index < -0.39 is 0 Å². The number of ketones is 1. The maximum absolute atomic E-state index is 11.6. The van der Waals surface area contributed by atoms with Gasteiger partial charge in [0, 0.05) is 36.3 Å². The number of rotatable bonds is 3. The van der Waals surface area contributed by atoms with Crippen LogP contribution in [0.5, 0.6) is 0 Å². The van der Waals surface area contributed by atoms with Gasteiger partial charge in [0.25, 0.3) is 0 Å². The Labute approximate surface area is 107 Å². The molecule has 2 aliphatic rings. The number of carbonyl (C=O) groups excluding carboxylic acids is 1. The molecule has 92 valence electrons. The summed E-state index contributed by atoms with van der Waals surface area (Å²) in [7, 11) is 0. The number of hydrogen-bond donors (Lipinski definition) is 0. The van der Waals surface area contributed by atoms with Crippen LogP contribution in [0.1, 0.15) is 43.0 Å². The third kappa shape index (κ3) is 2.06. The van der Waals surface area contributed by atoms with E-state index in [2.05, 4.69) is 23.3 Å². The first-order valence-corrected chi connectivity index (χ1v) is 7.48. The van der Waals surface area contributed by atoms with Gasteiger partial charge in [-0.15, -0.1) is 11.3 Å². The number of fused-ring (bicyclic) bond motifs is 2. The minimum atomic E-state index is 0.482. The number of carbonyl (C=O) groups is 1. The first-order valence-electron chi connectivity index (χ1n) is 6.60. The van der Waals surface area contributed by atoms with Gasteiger partial charge in [-0.2, -0.15) is 0 Å². The minimum absolute atomic E-state index is 0.482. The summed E-state index contributed by atoms with van der Waals surface area (Å²) < 4.78 is 0. The molecule has 0 N–H and O–H groups in total. The Morgan fingerprint density at radius 1 is 1.35 bits per heavy atom. The summed E-state index contributed by atoms with van der Waals surface area (Å²) >= 11 is 1.87. The van der Waals surface area contributed by atoms with E-state index in [-0.39, 0.29) is 0 Å². The van der Waals surface area contributed by atoms with E-state index in [1.54, 1.807) is 0 Å².